The molecule has 1 aliphatic heterocycles. The standard InChI is InChI=1S/C28H25N3O6S/c1-2-37-27(36)20-10-14-22(15-11-20)30-28-31(17-18-6-4-3-5-7-18)25(33)23(38-28)16-24(32)29-21-12-8-19(9-13-21)26(34)35/h3-15,23H,2,16-17H2,1H3,(H,29,32)(H,34,35)/t23-/m0/s1. The Morgan fingerprint density at radius 1 is 0.974 bits per heavy atom. The third-order valence-electron chi connectivity index (χ3n) is 5.59. The number of nitrogens with zero attached hydrogens (tertiary/aromatic N) is 2. The molecule has 9 nitrogen and oxygen atoms in total. The van der Waals surface area contributed by atoms with Crippen LogP contribution < -0.4 is 5.32 Å². The number of thioether (sulfide) groups is 1. The van der Waals surface area contributed by atoms with Crippen molar-refractivity contribution in [3.05, 3.63) is 95.6 Å². The lowest BCUT2D eigenvalue weighted by Gasteiger charge is -2.16. The monoisotopic (exact) mass is 531 g/mol. The fraction of sp³-hybridized carbons (Fsp3) is 0.179. The van der Waals surface area contributed by atoms with Gasteiger partial charge in [0.1, 0.15) is 5.25 Å². The number of nitrogens with one attached hydrogen (secondary N) is 1. The Kier molecular flexibility index (Phi) is 8.55. The first kappa shape index (κ1) is 26.6. The summed E-state index contributed by atoms with van der Waals surface area (Å²) in [6.45, 7) is 2.31. The van der Waals surface area contributed by atoms with Crippen molar-refractivity contribution in [2.24, 2.45) is 4.99 Å². The van der Waals surface area contributed by atoms with E-state index < -0.39 is 17.2 Å². The molecule has 4 rings (SSSR count). The number of carboxylic acid groups (broad SMARTS) is 1. The molecule has 10 heteroatoms. The van der Waals surface area contributed by atoms with Gasteiger partial charge in [-0.1, -0.05) is 42.1 Å². The number of amides is 2. The Hall–Kier alpha value is -4.44. The smallest absolute Gasteiger partial charge is 0.338 e. The predicted molar refractivity (Wildman–Crippen MR) is 145 cm³/mol. The van der Waals surface area contributed by atoms with Gasteiger partial charge in [0.15, 0.2) is 5.17 Å². The SMILES string of the molecule is CCOC(=O)c1ccc(N=C2S[C@@H](CC(=O)Nc3ccc(C(=O)O)cc3)C(=O)N2Cc2ccccc2)cc1. The van der Waals surface area contributed by atoms with Crippen LogP contribution in [0.25, 0.3) is 0 Å². The number of amidine groups is 1. The van der Waals surface area contributed by atoms with Gasteiger partial charge in [-0.05, 0) is 61.0 Å². The third-order valence-corrected chi connectivity index (χ3v) is 6.77. The lowest BCUT2D eigenvalue weighted by Crippen LogP contribution is -2.33. The summed E-state index contributed by atoms with van der Waals surface area (Å²) in [6.07, 6.45) is -0.0870. The molecule has 1 saturated heterocycles. The van der Waals surface area contributed by atoms with Crippen LogP contribution in [0, 0.1) is 0 Å². The van der Waals surface area contributed by atoms with E-state index in [1.54, 1.807) is 36.1 Å². The number of benzene rings is 3. The number of aliphatic imine (C=N–C) groups is 1. The zero-order chi connectivity index (χ0) is 27.1. The van der Waals surface area contributed by atoms with E-state index in [2.05, 4.69) is 10.3 Å². The minimum absolute atomic E-state index is 0.0870. The summed E-state index contributed by atoms with van der Waals surface area (Å²) in [7, 11) is 0. The van der Waals surface area contributed by atoms with Gasteiger partial charge in [-0.15, -0.1) is 0 Å². The molecule has 0 bridgehead atoms. The number of hydrogen-bond donors (Lipinski definition) is 2. The number of esters is 1. The van der Waals surface area contributed by atoms with Crippen LogP contribution in [0.2, 0.25) is 0 Å². The fourth-order valence-electron chi connectivity index (χ4n) is 3.71. The largest absolute Gasteiger partial charge is 0.478 e. The Morgan fingerprint density at radius 2 is 1.63 bits per heavy atom. The molecule has 1 atom stereocenters. The van der Waals surface area contributed by atoms with Crippen molar-refractivity contribution < 1.29 is 29.0 Å². The molecule has 2 N–H and O–H groups in total. The highest BCUT2D eigenvalue weighted by Crippen LogP contribution is 2.33. The predicted octanol–water partition coefficient (Wildman–Crippen LogP) is 4.72. The number of ether oxygens (including phenoxy) is 1. The normalized spacial score (nSPS) is 15.9. The van der Waals surface area contributed by atoms with Crippen LogP contribution in [0.5, 0.6) is 0 Å². The van der Waals surface area contributed by atoms with Crippen molar-refractivity contribution in [3.63, 3.8) is 0 Å². The minimum atomic E-state index is -1.06. The molecule has 0 aliphatic carbocycles. The van der Waals surface area contributed by atoms with E-state index in [4.69, 9.17) is 9.84 Å². The van der Waals surface area contributed by atoms with E-state index in [-0.39, 0.29) is 30.4 Å². The fourth-order valence-corrected chi connectivity index (χ4v) is 4.87. The molecule has 1 heterocycles. The maximum Gasteiger partial charge on any atom is 0.338 e. The van der Waals surface area contributed by atoms with E-state index in [0.29, 0.717) is 28.7 Å². The maximum atomic E-state index is 13.4. The Balaban J connectivity index is 1.51. The molecular weight excluding hydrogens is 506 g/mol. The van der Waals surface area contributed by atoms with Crippen molar-refractivity contribution in [2.75, 3.05) is 11.9 Å². The first-order chi connectivity index (χ1) is 18.3. The van der Waals surface area contributed by atoms with Gasteiger partial charge >= 0.3 is 11.9 Å². The van der Waals surface area contributed by atoms with Crippen LogP contribution in [0.1, 0.15) is 39.6 Å². The van der Waals surface area contributed by atoms with Crippen LogP contribution in [0.3, 0.4) is 0 Å². The van der Waals surface area contributed by atoms with Gasteiger partial charge in [-0.2, -0.15) is 0 Å². The van der Waals surface area contributed by atoms with Gasteiger partial charge in [0.05, 0.1) is 30.0 Å². The maximum absolute atomic E-state index is 13.4. The first-order valence-corrected chi connectivity index (χ1v) is 12.7. The van der Waals surface area contributed by atoms with Gasteiger partial charge in [0.25, 0.3) is 0 Å². The summed E-state index contributed by atoms with van der Waals surface area (Å²) >= 11 is 1.20. The lowest BCUT2D eigenvalue weighted by atomic mass is 10.2. The molecule has 2 amide bonds. The van der Waals surface area contributed by atoms with Crippen LogP contribution in [0.4, 0.5) is 11.4 Å². The second-order valence-electron chi connectivity index (χ2n) is 8.31. The van der Waals surface area contributed by atoms with E-state index in [0.717, 1.165) is 5.56 Å². The molecule has 38 heavy (non-hydrogen) atoms. The van der Waals surface area contributed by atoms with Crippen molar-refractivity contribution in [1.82, 2.24) is 4.90 Å². The van der Waals surface area contributed by atoms with E-state index in [1.165, 1.54) is 36.0 Å². The third kappa shape index (κ3) is 6.65. The molecule has 194 valence electrons. The second-order valence-corrected chi connectivity index (χ2v) is 9.48. The number of carboxylic acids is 1. The second kappa shape index (κ2) is 12.2. The molecule has 0 saturated carbocycles. The summed E-state index contributed by atoms with van der Waals surface area (Å²) in [5, 5.41) is 11.5. The summed E-state index contributed by atoms with van der Waals surface area (Å²) in [6, 6.07) is 21.8. The quantitative estimate of drug-likeness (QED) is 0.383. The number of anilines is 1. The molecule has 0 radical (unpaired) electrons. The highest BCUT2D eigenvalue weighted by atomic mass is 32.2. The number of aromatic carboxylic acids is 1. The van der Waals surface area contributed by atoms with Crippen molar-refractivity contribution in [2.45, 2.75) is 25.1 Å². The van der Waals surface area contributed by atoms with Gasteiger partial charge in [-0.3, -0.25) is 14.5 Å². The van der Waals surface area contributed by atoms with Gasteiger partial charge < -0.3 is 15.2 Å². The van der Waals surface area contributed by atoms with Crippen LogP contribution in [-0.2, 0) is 20.9 Å². The van der Waals surface area contributed by atoms with Gasteiger partial charge in [0.2, 0.25) is 11.8 Å². The minimum Gasteiger partial charge on any atom is -0.478 e. The zero-order valence-corrected chi connectivity index (χ0v) is 21.3. The summed E-state index contributed by atoms with van der Waals surface area (Å²) in [4.78, 5) is 55.2. The number of hydrogen-bond acceptors (Lipinski definition) is 7. The molecule has 3 aromatic carbocycles. The van der Waals surface area contributed by atoms with Gasteiger partial charge in [0, 0.05) is 12.1 Å². The van der Waals surface area contributed by atoms with Crippen LogP contribution in [-0.4, -0.2) is 50.8 Å². The first-order valence-electron chi connectivity index (χ1n) is 11.8. The molecule has 0 unspecified atom stereocenters. The highest BCUT2D eigenvalue weighted by Gasteiger charge is 2.39. The topological polar surface area (TPSA) is 125 Å². The lowest BCUT2D eigenvalue weighted by molar-refractivity contribution is -0.128. The van der Waals surface area contributed by atoms with Crippen LogP contribution in [0.15, 0.2) is 83.9 Å². The molecule has 1 aliphatic rings. The average molecular weight is 532 g/mol. The van der Waals surface area contributed by atoms with E-state index >= 15 is 0 Å². The number of carbonyl (C=O) groups is 4. The van der Waals surface area contributed by atoms with Crippen molar-refractivity contribution in [1.29, 1.82) is 0 Å². The highest BCUT2D eigenvalue weighted by molar-refractivity contribution is 8.15. The van der Waals surface area contributed by atoms with E-state index in [1.807, 2.05) is 30.3 Å². The summed E-state index contributed by atoms with van der Waals surface area (Å²) in [5.74, 6) is -2.10. The Labute approximate surface area is 223 Å². The summed E-state index contributed by atoms with van der Waals surface area (Å²) in [5.41, 5.74) is 2.41. The zero-order valence-electron chi connectivity index (χ0n) is 20.5. The van der Waals surface area contributed by atoms with Crippen LogP contribution >= 0.6 is 11.8 Å². The summed E-state index contributed by atoms with van der Waals surface area (Å²) < 4.78 is 5.01. The Bertz CT molecular complexity index is 1360. The average Bonchev–Trinajstić information content (AvgIpc) is 3.18. The molecular formula is C28H25N3O6S. The number of rotatable bonds is 9. The molecule has 0 aromatic heterocycles. The molecule has 0 spiro atoms. The van der Waals surface area contributed by atoms with Gasteiger partial charge in [-0.25, -0.2) is 14.6 Å². The number of carbonyl (C=O) groups excluding carboxylic acids is 3. The van der Waals surface area contributed by atoms with Crippen molar-refractivity contribution in [3.8, 4) is 0 Å². The van der Waals surface area contributed by atoms with Crippen molar-refractivity contribution >= 4 is 52.1 Å². The van der Waals surface area contributed by atoms with E-state index in [9.17, 15) is 19.2 Å². The Morgan fingerprint density at radius 3 is 2.26 bits per heavy atom. The molecule has 3 aromatic rings. The molecule has 1 fully saturated rings.